The van der Waals surface area contributed by atoms with Crippen LogP contribution in [-0.2, 0) is 26.1 Å². The van der Waals surface area contributed by atoms with Crippen LogP contribution in [0.25, 0.3) is 0 Å². The zero-order valence-electron chi connectivity index (χ0n) is 12.4. The molecule has 3 rings (SSSR count). The van der Waals surface area contributed by atoms with Gasteiger partial charge in [-0.1, -0.05) is 0 Å². The highest BCUT2D eigenvalue weighted by molar-refractivity contribution is 5.22. The summed E-state index contributed by atoms with van der Waals surface area (Å²) in [7, 11) is 0. The van der Waals surface area contributed by atoms with Gasteiger partial charge in [-0.3, -0.25) is 9.58 Å². The number of hydrogen-bond donors (Lipinski definition) is 0. The van der Waals surface area contributed by atoms with Crippen molar-refractivity contribution in [1.82, 2.24) is 24.6 Å². The number of nitrogens with zero attached hydrogens (tertiary/aromatic N) is 5. The van der Waals surface area contributed by atoms with Crippen LogP contribution in [0.2, 0.25) is 0 Å². The Hall–Kier alpha value is -1.75. The monoisotopic (exact) mass is 271 g/mol. The topological polar surface area (TPSA) is 46.8 Å². The summed E-state index contributed by atoms with van der Waals surface area (Å²) < 4.78 is 2.06. The van der Waals surface area contributed by atoms with E-state index in [2.05, 4.69) is 38.5 Å². The molecule has 0 unspecified atom stereocenters. The SMILES string of the molecule is CCn1ncc(CN2CCc3nc(C)ncc3C2)c1C. The summed E-state index contributed by atoms with van der Waals surface area (Å²) in [6, 6.07) is 0. The van der Waals surface area contributed by atoms with E-state index in [0.717, 1.165) is 38.4 Å². The van der Waals surface area contributed by atoms with Crippen molar-refractivity contribution in [2.24, 2.45) is 0 Å². The molecule has 0 N–H and O–H groups in total. The lowest BCUT2D eigenvalue weighted by molar-refractivity contribution is 0.242. The molecule has 2 aromatic heterocycles. The normalized spacial score (nSPS) is 15.3. The summed E-state index contributed by atoms with van der Waals surface area (Å²) in [5.41, 5.74) is 5.08. The molecule has 5 heteroatoms. The lowest BCUT2D eigenvalue weighted by atomic mass is 10.1. The molecule has 3 heterocycles. The first-order valence-corrected chi connectivity index (χ1v) is 7.22. The molecule has 0 spiro atoms. The molecule has 0 amide bonds. The maximum absolute atomic E-state index is 4.54. The Bertz CT molecular complexity index is 617. The first-order chi connectivity index (χ1) is 9.67. The van der Waals surface area contributed by atoms with Crippen molar-refractivity contribution in [3.63, 3.8) is 0 Å². The molecule has 0 radical (unpaired) electrons. The highest BCUT2D eigenvalue weighted by atomic mass is 15.3. The van der Waals surface area contributed by atoms with Crippen molar-refractivity contribution in [1.29, 1.82) is 0 Å². The fourth-order valence-corrected chi connectivity index (χ4v) is 2.81. The summed E-state index contributed by atoms with van der Waals surface area (Å²) >= 11 is 0. The maximum atomic E-state index is 4.54. The van der Waals surface area contributed by atoms with Crippen LogP contribution < -0.4 is 0 Å². The van der Waals surface area contributed by atoms with Crippen molar-refractivity contribution in [2.75, 3.05) is 6.54 Å². The summed E-state index contributed by atoms with van der Waals surface area (Å²) in [4.78, 5) is 11.3. The van der Waals surface area contributed by atoms with Gasteiger partial charge in [0.1, 0.15) is 5.82 Å². The third-order valence-electron chi connectivity index (χ3n) is 4.03. The van der Waals surface area contributed by atoms with Crippen LogP contribution in [0.3, 0.4) is 0 Å². The lowest BCUT2D eigenvalue weighted by Gasteiger charge is -2.27. The van der Waals surface area contributed by atoms with E-state index in [4.69, 9.17) is 0 Å². The molecule has 0 bridgehead atoms. The van der Waals surface area contributed by atoms with E-state index in [-0.39, 0.29) is 0 Å². The zero-order valence-corrected chi connectivity index (χ0v) is 12.4. The third-order valence-corrected chi connectivity index (χ3v) is 4.03. The Kier molecular flexibility index (Phi) is 3.53. The fraction of sp³-hybridized carbons (Fsp3) is 0.533. The molecular formula is C15H21N5. The van der Waals surface area contributed by atoms with Gasteiger partial charge in [0, 0.05) is 61.3 Å². The second-order valence-corrected chi connectivity index (χ2v) is 5.42. The van der Waals surface area contributed by atoms with Crippen molar-refractivity contribution in [3.05, 3.63) is 40.7 Å². The van der Waals surface area contributed by atoms with Gasteiger partial charge in [0.2, 0.25) is 0 Å². The van der Waals surface area contributed by atoms with E-state index in [1.807, 2.05) is 19.3 Å². The summed E-state index contributed by atoms with van der Waals surface area (Å²) in [5.74, 6) is 0.872. The second kappa shape index (κ2) is 5.32. The van der Waals surface area contributed by atoms with Crippen molar-refractivity contribution < 1.29 is 0 Å². The fourth-order valence-electron chi connectivity index (χ4n) is 2.81. The third kappa shape index (κ3) is 2.45. The summed E-state index contributed by atoms with van der Waals surface area (Å²) in [6.07, 6.45) is 4.99. The first-order valence-electron chi connectivity index (χ1n) is 7.22. The molecule has 2 aromatic rings. The molecule has 0 atom stereocenters. The van der Waals surface area contributed by atoms with Crippen LogP contribution in [0.4, 0.5) is 0 Å². The lowest BCUT2D eigenvalue weighted by Crippen LogP contribution is -2.31. The number of rotatable bonds is 3. The van der Waals surface area contributed by atoms with Gasteiger partial charge in [0.15, 0.2) is 0 Å². The Morgan fingerprint density at radius 1 is 1.25 bits per heavy atom. The van der Waals surface area contributed by atoms with E-state index >= 15 is 0 Å². The van der Waals surface area contributed by atoms with E-state index in [1.165, 1.54) is 22.5 Å². The van der Waals surface area contributed by atoms with E-state index in [9.17, 15) is 0 Å². The second-order valence-electron chi connectivity index (χ2n) is 5.42. The minimum absolute atomic E-state index is 0.872. The van der Waals surface area contributed by atoms with E-state index < -0.39 is 0 Å². The largest absolute Gasteiger partial charge is 0.294 e. The van der Waals surface area contributed by atoms with Gasteiger partial charge in [0.25, 0.3) is 0 Å². The number of hydrogen-bond acceptors (Lipinski definition) is 4. The molecule has 0 saturated heterocycles. The van der Waals surface area contributed by atoms with Gasteiger partial charge >= 0.3 is 0 Å². The van der Waals surface area contributed by atoms with Crippen LogP contribution >= 0.6 is 0 Å². The molecule has 1 aliphatic heterocycles. The van der Waals surface area contributed by atoms with Gasteiger partial charge in [0.05, 0.1) is 6.20 Å². The Morgan fingerprint density at radius 2 is 2.10 bits per heavy atom. The maximum Gasteiger partial charge on any atom is 0.125 e. The first kappa shape index (κ1) is 13.2. The van der Waals surface area contributed by atoms with Crippen LogP contribution in [0, 0.1) is 13.8 Å². The minimum Gasteiger partial charge on any atom is -0.294 e. The predicted octanol–water partition coefficient (Wildman–Crippen LogP) is 1.87. The molecule has 106 valence electrons. The van der Waals surface area contributed by atoms with Gasteiger partial charge < -0.3 is 0 Å². The van der Waals surface area contributed by atoms with Crippen LogP contribution in [0.5, 0.6) is 0 Å². The quantitative estimate of drug-likeness (QED) is 0.855. The summed E-state index contributed by atoms with van der Waals surface area (Å²) in [6.45, 7) is 10.1. The van der Waals surface area contributed by atoms with Crippen molar-refractivity contribution >= 4 is 0 Å². The van der Waals surface area contributed by atoms with Gasteiger partial charge in [-0.25, -0.2) is 9.97 Å². The average molecular weight is 271 g/mol. The van der Waals surface area contributed by atoms with Crippen LogP contribution in [-0.4, -0.2) is 31.2 Å². The Labute approximate surface area is 119 Å². The van der Waals surface area contributed by atoms with Crippen molar-refractivity contribution in [2.45, 2.75) is 46.8 Å². The van der Waals surface area contributed by atoms with Gasteiger partial charge in [-0.05, 0) is 20.8 Å². The Balaban J connectivity index is 1.74. The highest BCUT2D eigenvalue weighted by Gasteiger charge is 2.19. The van der Waals surface area contributed by atoms with Gasteiger partial charge in [-0.2, -0.15) is 5.10 Å². The standard InChI is InChI=1S/C15H21N5/c1-4-20-11(2)13(8-17-20)9-19-6-5-15-14(10-19)7-16-12(3)18-15/h7-8H,4-6,9-10H2,1-3H3. The van der Waals surface area contributed by atoms with Gasteiger partial charge in [-0.15, -0.1) is 0 Å². The molecule has 0 fully saturated rings. The molecule has 0 saturated carbocycles. The summed E-state index contributed by atoms with van der Waals surface area (Å²) in [5, 5.41) is 4.42. The smallest absolute Gasteiger partial charge is 0.125 e. The van der Waals surface area contributed by atoms with E-state index in [0.29, 0.717) is 0 Å². The molecule has 0 aliphatic carbocycles. The Morgan fingerprint density at radius 3 is 2.85 bits per heavy atom. The molecule has 0 aromatic carbocycles. The predicted molar refractivity (Wildman–Crippen MR) is 77.2 cm³/mol. The number of aromatic nitrogens is 4. The molecule has 1 aliphatic rings. The number of aryl methyl sites for hydroxylation is 2. The van der Waals surface area contributed by atoms with Crippen molar-refractivity contribution in [3.8, 4) is 0 Å². The highest BCUT2D eigenvalue weighted by Crippen LogP contribution is 2.19. The molecule has 20 heavy (non-hydrogen) atoms. The number of fused-ring (bicyclic) bond motifs is 1. The molecular weight excluding hydrogens is 250 g/mol. The molecule has 5 nitrogen and oxygen atoms in total. The van der Waals surface area contributed by atoms with Crippen LogP contribution in [0.1, 0.15) is 35.3 Å². The van der Waals surface area contributed by atoms with E-state index in [1.54, 1.807) is 0 Å². The van der Waals surface area contributed by atoms with Crippen LogP contribution in [0.15, 0.2) is 12.4 Å². The zero-order chi connectivity index (χ0) is 14.1. The minimum atomic E-state index is 0.872. The average Bonchev–Trinajstić information content (AvgIpc) is 2.80.